The molecule has 0 spiro atoms. The molecule has 2 heterocycles. The molecule has 25 heavy (non-hydrogen) atoms. The van der Waals surface area contributed by atoms with Crippen LogP contribution >= 0.6 is 23.1 Å². The first-order valence-corrected chi connectivity index (χ1v) is 9.50. The van der Waals surface area contributed by atoms with E-state index in [0.29, 0.717) is 0 Å². The van der Waals surface area contributed by atoms with Crippen molar-refractivity contribution in [1.29, 1.82) is 0 Å². The van der Waals surface area contributed by atoms with Crippen LogP contribution in [-0.4, -0.2) is 18.7 Å². The van der Waals surface area contributed by atoms with Gasteiger partial charge in [-0.25, -0.2) is 5.43 Å². The Morgan fingerprint density at radius 3 is 2.32 bits per heavy atom. The van der Waals surface area contributed by atoms with E-state index >= 15 is 0 Å². The van der Waals surface area contributed by atoms with E-state index in [1.54, 1.807) is 29.3 Å². The summed E-state index contributed by atoms with van der Waals surface area (Å²) < 4.78 is 0. The minimum Gasteiger partial charge on any atom is -0.330 e. The molecule has 1 aliphatic rings. The fourth-order valence-corrected chi connectivity index (χ4v) is 4.34. The number of rotatable bonds is 4. The van der Waals surface area contributed by atoms with Crippen LogP contribution in [0.25, 0.3) is 0 Å². The molecule has 4 nitrogen and oxygen atoms in total. The maximum absolute atomic E-state index is 12.4. The predicted octanol–water partition coefficient (Wildman–Crippen LogP) is 4.50. The van der Waals surface area contributed by atoms with Crippen LogP contribution in [0, 0.1) is 0 Å². The van der Waals surface area contributed by atoms with E-state index in [1.165, 1.54) is 0 Å². The number of para-hydroxylation sites is 2. The summed E-state index contributed by atoms with van der Waals surface area (Å²) in [5, 5.41) is 6.02. The Bertz CT molecular complexity index is 876. The number of carbonyl (C=O) groups excluding carboxylic acids is 1. The number of benzene rings is 2. The highest BCUT2D eigenvalue weighted by Gasteiger charge is 2.24. The molecule has 1 N–H and O–H groups in total. The average Bonchev–Trinajstić information content (AvgIpc) is 3.15. The number of nitrogens with zero attached hydrogens (tertiary/aromatic N) is 2. The standard InChI is InChI=1S/C19H15N3OS2/c23-19(21-20-12-14-6-5-11-24-14)13-22-15-7-1-3-9-17(15)25-18-10-4-2-8-16(18)22/h1-12H,13H2,(H,21,23)/b20-12-. The van der Waals surface area contributed by atoms with Crippen LogP contribution in [0.1, 0.15) is 4.88 Å². The number of fused-ring (bicyclic) bond motifs is 2. The van der Waals surface area contributed by atoms with Gasteiger partial charge in [-0.05, 0) is 35.7 Å². The predicted molar refractivity (Wildman–Crippen MR) is 104 cm³/mol. The van der Waals surface area contributed by atoms with Crippen LogP contribution in [0.4, 0.5) is 11.4 Å². The molecular formula is C19H15N3OS2. The molecule has 1 amide bonds. The van der Waals surface area contributed by atoms with Crippen molar-refractivity contribution < 1.29 is 4.79 Å². The molecule has 0 radical (unpaired) electrons. The van der Waals surface area contributed by atoms with Crippen molar-refractivity contribution in [3.05, 3.63) is 70.9 Å². The fourth-order valence-electron chi connectivity index (χ4n) is 2.66. The Hall–Kier alpha value is -2.57. The molecule has 0 unspecified atom stereocenters. The van der Waals surface area contributed by atoms with E-state index in [4.69, 9.17) is 0 Å². The van der Waals surface area contributed by atoms with Crippen molar-refractivity contribution in [3.63, 3.8) is 0 Å². The third-order valence-electron chi connectivity index (χ3n) is 3.76. The van der Waals surface area contributed by atoms with Gasteiger partial charge in [-0.2, -0.15) is 5.10 Å². The fraction of sp³-hybridized carbons (Fsp3) is 0.0526. The quantitative estimate of drug-likeness (QED) is 0.547. The van der Waals surface area contributed by atoms with Crippen LogP contribution in [0.15, 0.2) is 80.9 Å². The van der Waals surface area contributed by atoms with Gasteiger partial charge in [0.1, 0.15) is 6.54 Å². The number of anilines is 2. The van der Waals surface area contributed by atoms with Gasteiger partial charge in [0, 0.05) is 14.7 Å². The summed E-state index contributed by atoms with van der Waals surface area (Å²) in [6.45, 7) is 0.219. The van der Waals surface area contributed by atoms with Crippen molar-refractivity contribution >= 4 is 46.6 Å². The van der Waals surface area contributed by atoms with E-state index < -0.39 is 0 Å². The number of hydrogen-bond donors (Lipinski definition) is 1. The van der Waals surface area contributed by atoms with Crippen LogP contribution in [0.3, 0.4) is 0 Å². The summed E-state index contributed by atoms with van der Waals surface area (Å²) >= 11 is 3.31. The summed E-state index contributed by atoms with van der Waals surface area (Å²) in [6, 6.07) is 20.2. The van der Waals surface area contributed by atoms with Crippen molar-refractivity contribution in [2.75, 3.05) is 11.4 Å². The van der Waals surface area contributed by atoms with Gasteiger partial charge in [0.05, 0.1) is 17.6 Å². The number of amides is 1. The first kappa shape index (κ1) is 15.9. The Kier molecular flexibility index (Phi) is 4.54. The molecule has 0 atom stereocenters. The Balaban J connectivity index is 1.54. The molecule has 0 bridgehead atoms. The van der Waals surface area contributed by atoms with Crippen molar-refractivity contribution in [3.8, 4) is 0 Å². The average molecular weight is 365 g/mol. The minimum atomic E-state index is -0.149. The second-order valence-corrected chi connectivity index (χ2v) is 7.50. The van der Waals surface area contributed by atoms with Gasteiger partial charge in [-0.15, -0.1) is 11.3 Å². The van der Waals surface area contributed by atoms with E-state index in [0.717, 1.165) is 26.0 Å². The molecule has 124 valence electrons. The zero-order chi connectivity index (χ0) is 17.1. The molecule has 0 fully saturated rings. The number of carbonyl (C=O) groups is 1. The summed E-state index contributed by atoms with van der Waals surface area (Å²) in [5.74, 6) is -0.149. The van der Waals surface area contributed by atoms with Gasteiger partial charge in [0.15, 0.2) is 0 Å². The van der Waals surface area contributed by atoms with Gasteiger partial charge in [0.2, 0.25) is 0 Å². The third-order valence-corrected chi connectivity index (χ3v) is 5.70. The first-order valence-electron chi connectivity index (χ1n) is 7.80. The van der Waals surface area contributed by atoms with Crippen molar-refractivity contribution in [2.45, 2.75) is 9.79 Å². The van der Waals surface area contributed by atoms with Crippen molar-refractivity contribution in [1.82, 2.24) is 5.43 Å². The monoisotopic (exact) mass is 365 g/mol. The highest BCUT2D eigenvalue weighted by atomic mass is 32.2. The zero-order valence-corrected chi connectivity index (χ0v) is 14.9. The third kappa shape index (κ3) is 3.45. The molecule has 0 saturated carbocycles. The topological polar surface area (TPSA) is 44.7 Å². The molecule has 3 aromatic rings. The SMILES string of the molecule is O=C(CN1c2ccccc2Sc2ccccc21)N/N=C\c1cccs1. The lowest BCUT2D eigenvalue weighted by Crippen LogP contribution is -2.33. The maximum Gasteiger partial charge on any atom is 0.260 e. The second-order valence-electron chi connectivity index (χ2n) is 5.43. The molecule has 0 aliphatic carbocycles. The molecule has 0 saturated heterocycles. The highest BCUT2D eigenvalue weighted by Crippen LogP contribution is 2.47. The lowest BCUT2D eigenvalue weighted by Gasteiger charge is -2.31. The van der Waals surface area contributed by atoms with E-state index in [2.05, 4.69) is 22.7 Å². The van der Waals surface area contributed by atoms with Gasteiger partial charge < -0.3 is 4.90 Å². The number of nitrogens with one attached hydrogen (secondary N) is 1. The smallest absolute Gasteiger partial charge is 0.260 e. The first-order chi connectivity index (χ1) is 12.3. The van der Waals surface area contributed by atoms with Crippen LogP contribution in [-0.2, 0) is 4.79 Å². The minimum absolute atomic E-state index is 0.149. The zero-order valence-electron chi connectivity index (χ0n) is 13.3. The lowest BCUT2D eigenvalue weighted by molar-refractivity contribution is -0.119. The molecule has 1 aromatic heterocycles. The highest BCUT2D eigenvalue weighted by molar-refractivity contribution is 7.99. The summed E-state index contributed by atoms with van der Waals surface area (Å²) in [4.78, 5) is 17.7. The van der Waals surface area contributed by atoms with Gasteiger partial charge in [0.25, 0.3) is 5.91 Å². The van der Waals surface area contributed by atoms with Gasteiger partial charge >= 0.3 is 0 Å². The van der Waals surface area contributed by atoms with E-state index in [1.807, 2.05) is 58.8 Å². The number of hydrogen-bond acceptors (Lipinski definition) is 5. The Morgan fingerprint density at radius 2 is 1.68 bits per heavy atom. The van der Waals surface area contributed by atoms with Crippen LogP contribution < -0.4 is 10.3 Å². The molecule has 2 aromatic carbocycles. The van der Waals surface area contributed by atoms with Gasteiger partial charge in [-0.1, -0.05) is 42.1 Å². The van der Waals surface area contributed by atoms with Crippen molar-refractivity contribution in [2.24, 2.45) is 5.10 Å². The molecule has 4 rings (SSSR count). The lowest BCUT2D eigenvalue weighted by atomic mass is 10.2. The molecule has 1 aliphatic heterocycles. The Labute approximate surface area is 154 Å². The summed E-state index contributed by atoms with van der Waals surface area (Å²) in [7, 11) is 0. The van der Waals surface area contributed by atoms with Gasteiger partial charge in [-0.3, -0.25) is 4.79 Å². The Morgan fingerprint density at radius 1 is 1.00 bits per heavy atom. The van der Waals surface area contributed by atoms with E-state index in [9.17, 15) is 4.79 Å². The number of thiophene rings is 1. The van der Waals surface area contributed by atoms with Crippen LogP contribution in [0.2, 0.25) is 0 Å². The molecule has 6 heteroatoms. The van der Waals surface area contributed by atoms with E-state index in [-0.39, 0.29) is 12.5 Å². The number of hydrazone groups is 1. The summed E-state index contributed by atoms with van der Waals surface area (Å²) in [5.41, 5.74) is 4.71. The second kappa shape index (κ2) is 7.13. The maximum atomic E-state index is 12.4. The van der Waals surface area contributed by atoms with Crippen LogP contribution in [0.5, 0.6) is 0 Å². The normalized spacial score (nSPS) is 12.7. The summed E-state index contributed by atoms with van der Waals surface area (Å²) in [6.07, 6.45) is 1.66. The molecular weight excluding hydrogens is 350 g/mol. The largest absolute Gasteiger partial charge is 0.330 e.